The number of carbonyl (C=O) groups is 1. The molecule has 0 bridgehead atoms. The fraction of sp³-hybridized carbons (Fsp3) is 0.474. The molecule has 0 spiro atoms. The van der Waals surface area contributed by atoms with Crippen molar-refractivity contribution in [2.24, 2.45) is 0 Å². The number of ether oxygens (including phenoxy) is 1. The fourth-order valence-electron chi connectivity index (χ4n) is 3.09. The van der Waals surface area contributed by atoms with Gasteiger partial charge < -0.3 is 13.7 Å². The molecule has 150 valence electrons. The van der Waals surface area contributed by atoms with E-state index in [-0.39, 0.29) is 11.5 Å². The Balaban J connectivity index is 1.65. The molecule has 0 aliphatic carbocycles. The molecule has 3 aromatic heterocycles. The zero-order valence-electron chi connectivity index (χ0n) is 16.7. The molecule has 0 fully saturated rings. The van der Waals surface area contributed by atoms with Gasteiger partial charge in [-0.25, -0.2) is 4.98 Å². The standard InChI is InChI=1S/C19H24N4O3S2/c1-11-9-15(13(3)23(11)7-6-8-25-5)16(24)10-27-19-22-21-18(26-19)17-12(2)20-14(4)28-17/h9H,6-8,10H2,1-5H3. The van der Waals surface area contributed by atoms with Crippen LogP contribution in [0.25, 0.3) is 10.8 Å². The van der Waals surface area contributed by atoms with E-state index in [0.29, 0.717) is 17.7 Å². The summed E-state index contributed by atoms with van der Waals surface area (Å²) >= 11 is 2.78. The maximum absolute atomic E-state index is 12.7. The molecule has 0 amide bonds. The van der Waals surface area contributed by atoms with Crippen molar-refractivity contribution >= 4 is 28.9 Å². The van der Waals surface area contributed by atoms with E-state index >= 15 is 0 Å². The van der Waals surface area contributed by atoms with Crippen LogP contribution >= 0.6 is 23.1 Å². The monoisotopic (exact) mass is 420 g/mol. The number of hydrogen-bond donors (Lipinski definition) is 0. The minimum absolute atomic E-state index is 0.0562. The first kappa shape index (κ1) is 20.8. The Labute approximate surface area is 172 Å². The summed E-state index contributed by atoms with van der Waals surface area (Å²) in [6, 6.07) is 1.95. The van der Waals surface area contributed by atoms with Crippen LogP contribution in [0.5, 0.6) is 0 Å². The van der Waals surface area contributed by atoms with Crippen LogP contribution in [0, 0.1) is 27.7 Å². The second kappa shape index (κ2) is 9.02. The molecule has 3 heterocycles. The number of aromatic nitrogens is 4. The van der Waals surface area contributed by atoms with Crippen molar-refractivity contribution < 1.29 is 13.9 Å². The lowest BCUT2D eigenvalue weighted by atomic mass is 10.2. The van der Waals surface area contributed by atoms with Gasteiger partial charge in [-0.15, -0.1) is 21.5 Å². The molecule has 0 unspecified atom stereocenters. The molecule has 7 nitrogen and oxygen atoms in total. The highest BCUT2D eigenvalue weighted by Crippen LogP contribution is 2.30. The maximum Gasteiger partial charge on any atom is 0.277 e. The molecule has 9 heteroatoms. The summed E-state index contributed by atoms with van der Waals surface area (Å²) in [6.07, 6.45) is 0.913. The third kappa shape index (κ3) is 4.53. The van der Waals surface area contributed by atoms with E-state index in [9.17, 15) is 4.79 Å². The van der Waals surface area contributed by atoms with Gasteiger partial charge in [0, 0.05) is 37.2 Å². The fourth-order valence-corrected chi connectivity index (χ4v) is 4.58. The normalized spacial score (nSPS) is 11.3. The molecule has 0 saturated heterocycles. The van der Waals surface area contributed by atoms with Crippen molar-refractivity contribution in [1.29, 1.82) is 0 Å². The second-order valence-electron chi connectivity index (χ2n) is 6.52. The van der Waals surface area contributed by atoms with Gasteiger partial charge in [-0.3, -0.25) is 4.79 Å². The lowest BCUT2D eigenvalue weighted by Gasteiger charge is -2.09. The Morgan fingerprint density at radius 1 is 1.29 bits per heavy atom. The minimum atomic E-state index is 0.0562. The van der Waals surface area contributed by atoms with Gasteiger partial charge in [0.25, 0.3) is 11.1 Å². The molecule has 0 aromatic carbocycles. The first-order valence-electron chi connectivity index (χ1n) is 9.00. The Bertz CT molecular complexity index is 974. The average molecular weight is 421 g/mol. The molecule has 3 aromatic rings. The van der Waals surface area contributed by atoms with E-state index in [0.717, 1.165) is 45.5 Å². The van der Waals surface area contributed by atoms with Crippen molar-refractivity contribution in [3.8, 4) is 10.8 Å². The van der Waals surface area contributed by atoms with E-state index in [1.807, 2.05) is 33.8 Å². The van der Waals surface area contributed by atoms with Crippen LogP contribution in [-0.4, -0.2) is 45.0 Å². The maximum atomic E-state index is 12.7. The van der Waals surface area contributed by atoms with Gasteiger partial charge in [0.2, 0.25) is 0 Å². The first-order valence-corrected chi connectivity index (χ1v) is 10.8. The molecule has 0 radical (unpaired) electrons. The van der Waals surface area contributed by atoms with Crippen molar-refractivity contribution in [3.05, 3.63) is 33.7 Å². The van der Waals surface area contributed by atoms with E-state index in [2.05, 4.69) is 19.7 Å². The number of nitrogens with zero attached hydrogens (tertiary/aromatic N) is 4. The van der Waals surface area contributed by atoms with Gasteiger partial charge in [-0.05, 0) is 40.2 Å². The average Bonchev–Trinajstić information content (AvgIpc) is 3.33. The second-order valence-corrected chi connectivity index (χ2v) is 8.64. The predicted molar refractivity (Wildman–Crippen MR) is 110 cm³/mol. The smallest absolute Gasteiger partial charge is 0.277 e. The number of aryl methyl sites for hydroxylation is 3. The summed E-state index contributed by atoms with van der Waals surface area (Å²) in [4.78, 5) is 18.0. The Kier molecular flexibility index (Phi) is 6.69. The lowest BCUT2D eigenvalue weighted by Crippen LogP contribution is -2.08. The van der Waals surface area contributed by atoms with Crippen LogP contribution in [0.4, 0.5) is 0 Å². The molecular formula is C19H24N4O3S2. The summed E-state index contributed by atoms with van der Waals surface area (Å²) in [5, 5.41) is 9.50. The zero-order chi connectivity index (χ0) is 20.3. The molecule has 28 heavy (non-hydrogen) atoms. The van der Waals surface area contributed by atoms with Crippen molar-refractivity contribution in [3.63, 3.8) is 0 Å². The number of Topliss-reactive ketones (excluding diaryl/α,β-unsaturated/α-hetero) is 1. The number of hydrogen-bond acceptors (Lipinski definition) is 8. The van der Waals surface area contributed by atoms with E-state index < -0.39 is 0 Å². The summed E-state index contributed by atoms with van der Waals surface area (Å²) in [5.74, 6) is 0.764. The van der Waals surface area contributed by atoms with Crippen LogP contribution in [0.3, 0.4) is 0 Å². The predicted octanol–water partition coefficient (Wildman–Crippen LogP) is 4.24. The minimum Gasteiger partial charge on any atom is -0.410 e. The Morgan fingerprint density at radius 2 is 2.07 bits per heavy atom. The molecule has 3 rings (SSSR count). The zero-order valence-corrected chi connectivity index (χ0v) is 18.4. The van der Waals surface area contributed by atoms with Crippen LogP contribution in [0.15, 0.2) is 15.7 Å². The van der Waals surface area contributed by atoms with Crippen LogP contribution in [0.2, 0.25) is 0 Å². The highest BCUT2D eigenvalue weighted by atomic mass is 32.2. The molecule has 0 aliphatic rings. The van der Waals surface area contributed by atoms with Gasteiger partial charge in [0.05, 0.1) is 16.5 Å². The SMILES string of the molecule is COCCCn1c(C)cc(C(=O)CSc2nnc(-c3sc(C)nc3C)o2)c1C. The van der Waals surface area contributed by atoms with E-state index in [4.69, 9.17) is 9.15 Å². The molecule has 0 aliphatic heterocycles. The Morgan fingerprint density at radius 3 is 2.75 bits per heavy atom. The van der Waals surface area contributed by atoms with E-state index in [1.165, 1.54) is 23.1 Å². The van der Waals surface area contributed by atoms with Gasteiger partial charge in [0.15, 0.2) is 5.78 Å². The third-order valence-corrected chi connectivity index (χ3v) is 6.31. The van der Waals surface area contributed by atoms with Crippen LogP contribution < -0.4 is 0 Å². The summed E-state index contributed by atoms with van der Waals surface area (Å²) in [6.45, 7) is 9.41. The van der Waals surface area contributed by atoms with Crippen molar-refractivity contribution in [2.75, 3.05) is 19.5 Å². The quantitative estimate of drug-likeness (QED) is 0.291. The molecular weight excluding hydrogens is 396 g/mol. The highest BCUT2D eigenvalue weighted by molar-refractivity contribution is 7.99. The largest absolute Gasteiger partial charge is 0.410 e. The van der Waals surface area contributed by atoms with Crippen LogP contribution in [-0.2, 0) is 11.3 Å². The number of thiazole rings is 1. The summed E-state index contributed by atoms with van der Waals surface area (Å²) in [7, 11) is 1.70. The molecule has 0 N–H and O–H groups in total. The van der Waals surface area contributed by atoms with Gasteiger partial charge in [-0.2, -0.15) is 0 Å². The summed E-state index contributed by atoms with van der Waals surface area (Å²) in [5.41, 5.74) is 3.69. The summed E-state index contributed by atoms with van der Waals surface area (Å²) < 4.78 is 13.0. The lowest BCUT2D eigenvalue weighted by molar-refractivity contribution is 0.102. The van der Waals surface area contributed by atoms with Crippen molar-refractivity contribution in [1.82, 2.24) is 19.7 Å². The van der Waals surface area contributed by atoms with Gasteiger partial charge in [0.1, 0.15) is 4.88 Å². The topological polar surface area (TPSA) is 83.0 Å². The van der Waals surface area contributed by atoms with Crippen molar-refractivity contribution in [2.45, 2.75) is 45.9 Å². The first-order chi connectivity index (χ1) is 13.4. The number of thioether (sulfide) groups is 1. The molecule has 0 atom stereocenters. The number of carbonyl (C=O) groups excluding carboxylic acids is 1. The number of ketones is 1. The number of rotatable bonds is 9. The van der Waals surface area contributed by atoms with E-state index in [1.54, 1.807) is 7.11 Å². The van der Waals surface area contributed by atoms with Gasteiger partial charge in [-0.1, -0.05) is 11.8 Å². The number of methoxy groups -OCH3 is 1. The highest BCUT2D eigenvalue weighted by Gasteiger charge is 2.19. The third-order valence-electron chi connectivity index (χ3n) is 4.44. The van der Waals surface area contributed by atoms with Crippen LogP contribution in [0.1, 0.15) is 38.9 Å². The Hall–Kier alpha value is -1.97. The van der Waals surface area contributed by atoms with Gasteiger partial charge >= 0.3 is 0 Å². The molecule has 0 saturated carbocycles.